The van der Waals surface area contributed by atoms with Gasteiger partial charge in [0.2, 0.25) is 0 Å². The molecule has 1 saturated heterocycles. The van der Waals surface area contributed by atoms with Crippen molar-refractivity contribution in [2.45, 2.75) is 38.5 Å². The highest BCUT2D eigenvalue weighted by Crippen LogP contribution is 2.28. The highest BCUT2D eigenvalue weighted by molar-refractivity contribution is 5.66. The lowest BCUT2D eigenvalue weighted by molar-refractivity contribution is -0.209. The standard InChI is InChI=1S/C12H20F3NO3/c1-8(5-11(18)19)9-3-2-4-16(6-9)7-10(17)12(13,14)15/h8-10,17H,2-7H2,1H3,(H,18,19). The fraction of sp³-hybridized carbons (Fsp3) is 0.917. The number of aliphatic hydroxyl groups excluding tert-OH is 1. The van der Waals surface area contributed by atoms with Crippen LogP contribution in [0.25, 0.3) is 0 Å². The Labute approximate surface area is 110 Å². The van der Waals surface area contributed by atoms with E-state index in [0.29, 0.717) is 13.1 Å². The zero-order valence-corrected chi connectivity index (χ0v) is 10.9. The van der Waals surface area contributed by atoms with Crippen LogP contribution in [0, 0.1) is 11.8 Å². The molecule has 1 aliphatic heterocycles. The molecule has 0 aromatic heterocycles. The lowest BCUT2D eigenvalue weighted by atomic mass is 9.84. The first-order valence-corrected chi connectivity index (χ1v) is 6.39. The molecule has 3 atom stereocenters. The quantitative estimate of drug-likeness (QED) is 0.806. The molecule has 0 bridgehead atoms. The first-order valence-electron chi connectivity index (χ1n) is 6.39. The first kappa shape index (κ1) is 16.2. The maximum absolute atomic E-state index is 12.3. The van der Waals surface area contributed by atoms with E-state index in [1.165, 1.54) is 0 Å². The van der Waals surface area contributed by atoms with Crippen molar-refractivity contribution in [2.24, 2.45) is 11.8 Å². The maximum atomic E-state index is 12.3. The molecule has 7 heteroatoms. The molecule has 2 N–H and O–H groups in total. The molecule has 112 valence electrons. The van der Waals surface area contributed by atoms with Crippen molar-refractivity contribution >= 4 is 5.97 Å². The molecule has 0 aromatic carbocycles. The van der Waals surface area contributed by atoms with Crippen molar-refractivity contribution in [2.75, 3.05) is 19.6 Å². The van der Waals surface area contributed by atoms with Gasteiger partial charge in [0.1, 0.15) is 0 Å². The number of nitrogens with zero attached hydrogens (tertiary/aromatic N) is 1. The number of hydrogen-bond acceptors (Lipinski definition) is 3. The molecule has 3 unspecified atom stereocenters. The van der Waals surface area contributed by atoms with Crippen LogP contribution in [0.4, 0.5) is 13.2 Å². The van der Waals surface area contributed by atoms with Crippen LogP contribution in [0.15, 0.2) is 0 Å². The molecule has 1 aliphatic rings. The van der Waals surface area contributed by atoms with E-state index < -0.39 is 24.8 Å². The molecule has 0 radical (unpaired) electrons. The summed E-state index contributed by atoms with van der Waals surface area (Å²) < 4.78 is 36.8. The summed E-state index contributed by atoms with van der Waals surface area (Å²) in [4.78, 5) is 12.2. The topological polar surface area (TPSA) is 60.8 Å². The second kappa shape index (κ2) is 6.56. The van der Waals surface area contributed by atoms with E-state index >= 15 is 0 Å². The number of rotatable bonds is 5. The molecule has 1 fully saturated rings. The number of hydrogen-bond donors (Lipinski definition) is 2. The van der Waals surface area contributed by atoms with Gasteiger partial charge in [0.15, 0.2) is 6.10 Å². The number of piperidine rings is 1. The first-order chi connectivity index (χ1) is 8.70. The summed E-state index contributed by atoms with van der Waals surface area (Å²) in [5, 5.41) is 17.8. The van der Waals surface area contributed by atoms with Gasteiger partial charge in [-0.3, -0.25) is 4.79 Å². The summed E-state index contributed by atoms with van der Waals surface area (Å²) in [5.74, 6) is -0.881. The summed E-state index contributed by atoms with van der Waals surface area (Å²) in [6.45, 7) is 2.31. The Balaban J connectivity index is 2.48. The van der Waals surface area contributed by atoms with Gasteiger partial charge in [-0.05, 0) is 31.2 Å². The van der Waals surface area contributed by atoms with E-state index in [-0.39, 0.29) is 18.3 Å². The van der Waals surface area contributed by atoms with Gasteiger partial charge in [0, 0.05) is 19.5 Å². The zero-order chi connectivity index (χ0) is 14.6. The maximum Gasteiger partial charge on any atom is 0.415 e. The van der Waals surface area contributed by atoms with Crippen molar-refractivity contribution in [3.63, 3.8) is 0 Å². The molecule has 19 heavy (non-hydrogen) atoms. The van der Waals surface area contributed by atoms with Crippen molar-refractivity contribution in [3.05, 3.63) is 0 Å². The Morgan fingerprint density at radius 3 is 2.63 bits per heavy atom. The fourth-order valence-electron chi connectivity index (χ4n) is 2.51. The van der Waals surface area contributed by atoms with Crippen molar-refractivity contribution in [3.8, 4) is 0 Å². The average Bonchev–Trinajstić information content (AvgIpc) is 2.27. The van der Waals surface area contributed by atoms with Crippen LogP contribution in [-0.2, 0) is 4.79 Å². The summed E-state index contributed by atoms with van der Waals surface area (Å²) in [5.41, 5.74) is 0. The van der Waals surface area contributed by atoms with E-state index in [9.17, 15) is 18.0 Å². The number of carbonyl (C=O) groups is 1. The zero-order valence-electron chi connectivity index (χ0n) is 10.9. The third-order valence-corrected chi connectivity index (χ3v) is 3.65. The Morgan fingerprint density at radius 2 is 2.11 bits per heavy atom. The minimum Gasteiger partial charge on any atom is -0.481 e. The van der Waals surface area contributed by atoms with Crippen molar-refractivity contribution in [1.29, 1.82) is 0 Å². The molecule has 4 nitrogen and oxygen atoms in total. The molecule has 0 spiro atoms. The number of carboxylic acids is 1. The predicted molar refractivity (Wildman–Crippen MR) is 62.6 cm³/mol. The molecule has 0 aliphatic carbocycles. The molecule has 0 aromatic rings. The van der Waals surface area contributed by atoms with Gasteiger partial charge < -0.3 is 15.1 Å². The number of β-amino-alcohol motifs (C(OH)–C–C–N with tert-alkyl or cyclic N) is 1. The van der Waals surface area contributed by atoms with Crippen molar-refractivity contribution < 1.29 is 28.2 Å². The van der Waals surface area contributed by atoms with Crippen LogP contribution >= 0.6 is 0 Å². The van der Waals surface area contributed by atoms with Crippen LogP contribution in [0.1, 0.15) is 26.2 Å². The van der Waals surface area contributed by atoms with Crippen LogP contribution in [0.2, 0.25) is 0 Å². The van der Waals surface area contributed by atoms with Gasteiger partial charge in [-0.15, -0.1) is 0 Å². The summed E-state index contributed by atoms with van der Waals surface area (Å²) in [7, 11) is 0. The normalized spacial score (nSPS) is 25.0. The van der Waals surface area contributed by atoms with E-state index in [1.54, 1.807) is 4.90 Å². The minimum atomic E-state index is -4.60. The molecular weight excluding hydrogens is 263 g/mol. The largest absolute Gasteiger partial charge is 0.481 e. The van der Waals surface area contributed by atoms with Gasteiger partial charge >= 0.3 is 12.1 Å². The molecule has 1 rings (SSSR count). The van der Waals surface area contributed by atoms with Gasteiger partial charge in [0.05, 0.1) is 0 Å². The molecule has 1 heterocycles. The smallest absolute Gasteiger partial charge is 0.415 e. The Morgan fingerprint density at radius 1 is 1.47 bits per heavy atom. The lowest BCUT2D eigenvalue weighted by Crippen LogP contribution is -2.46. The van der Waals surface area contributed by atoms with Crippen LogP contribution in [0.5, 0.6) is 0 Å². The second-order valence-electron chi connectivity index (χ2n) is 5.29. The molecule has 0 amide bonds. The Hall–Kier alpha value is -0.820. The summed E-state index contributed by atoms with van der Waals surface area (Å²) in [6.07, 6.45) is -5.34. The highest BCUT2D eigenvalue weighted by Gasteiger charge is 2.40. The predicted octanol–water partition coefficient (Wildman–Crippen LogP) is 1.73. The van der Waals surface area contributed by atoms with Crippen LogP contribution in [0.3, 0.4) is 0 Å². The van der Waals surface area contributed by atoms with Gasteiger partial charge in [-0.2, -0.15) is 13.2 Å². The average molecular weight is 283 g/mol. The lowest BCUT2D eigenvalue weighted by Gasteiger charge is -2.36. The highest BCUT2D eigenvalue weighted by atomic mass is 19.4. The number of alkyl halides is 3. The Kier molecular flexibility index (Phi) is 5.61. The Bertz CT molecular complexity index is 309. The van der Waals surface area contributed by atoms with Gasteiger partial charge in [0.25, 0.3) is 0 Å². The van der Waals surface area contributed by atoms with Crippen molar-refractivity contribution in [1.82, 2.24) is 4.90 Å². The third-order valence-electron chi connectivity index (χ3n) is 3.65. The number of carboxylic acid groups (broad SMARTS) is 1. The van der Waals surface area contributed by atoms with E-state index in [1.807, 2.05) is 6.92 Å². The van der Waals surface area contributed by atoms with E-state index in [4.69, 9.17) is 10.2 Å². The third kappa shape index (κ3) is 5.36. The van der Waals surface area contributed by atoms with Crippen LogP contribution in [-0.4, -0.2) is 53.0 Å². The molecular formula is C12H20F3NO3. The van der Waals surface area contributed by atoms with Crippen LogP contribution < -0.4 is 0 Å². The summed E-state index contributed by atoms with van der Waals surface area (Å²) >= 11 is 0. The number of likely N-dealkylation sites (tertiary alicyclic amines) is 1. The number of halogens is 3. The number of aliphatic carboxylic acids is 1. The van der Waals surface area contributed by atoms with E-state index in [2.05, 4.69) is 0 Å². The fourth-order valence-corrected chi connectivity index (χ4v) is 2.51. The monoisotopic (exact) mass is 283 g/mol. The van der Waals surface area contributed by atoms with E-state index in [0.717, 1.165) is 12.8 Å². The van der Waals surface area contributed by atoms with Gasteiger partial charge in [-0.25, -0.2) is 0 Å². The number of aliphatic hydroxyl groups is 1. The summed E-state index contributed by atoms with van der Waals surface area (Å²) in [6, 6.07) is 0. The minimum absolute atomic E-state index is 0.0281. The molecule has 0 saturated carbocycles. The SMILES string of the molecule is CC(CC(=O)O)C1CCCN(CC(O)C(F)(F)F)C1. The second-order valence-corrected chi connectivity index (χ2v) is 5.29. The van der Waals surface area contributed by atoms with Gasteiger partial charge in [-0.1, -0.05) is 6.92 Å².